The summed E-state index contributed by atoms with van der Waals surface area (Å²) in [5.41, 5.74) is 7.49. The molecule has 0 amide bonds. The molecule has 1 aromatic rings. The van der Waals surface area contributed by atoms with Gasteiger partial charge in [0.15, 0.2) is 5.84 Å². The van der Waals surface area contributed by atoms with E-state index in [1.165, 1.54) is 12.1 Å². The van der Waals surface area contributed by atoms with E-state index in [-0.39, 0.29) is 11.4 Å². The molecule has 0 saturated carbocycles. The highest BCUT2D eigenvalue weighted by molar-refractivity contribution is 14.1. The van der Waals surface area contributed by atoms with Crippen molar-refractivity contribution in [1.82, 2.24) is 0 Å². The molecule has 0 aliphatic heterocycles. The van der Waals surface area contributed by atoms with Crippen molar-refractivity contribution in [2.45, 2.75) is 0 Å². The van der Waals surface area contributed by atoms with E-state index >= 15 is 0 Å². The summed E-state index contributed by atoms with van der Waals surface area (Å²) in [6.45, 7) is 0. The van der Waals surface area contributed by atoms with Gasteiger partial charge in [0.1, 0.15) is 6.07 Å². The predicted molar refractivity (Wildman–Crippen MR) is 74.4 cm³/mol. The maximum atomic E-state index is 10.7. The van der Waals surface area contributed by atoms with Crippen LogP contribution >= 0.6 is 22.6 Å². The van der Waals surface area contributed by atoms with Gasteiger partial charge < -0.3 is 5.73 Å². The highest BCUT2D eigenvalue weighted by atomic mass is 127. The number of hydrazone groups is 1. The lowest BCUT2D eigenvalue weighted by atomic mass is 10.3. The first-order valence-electron chi connectivity index (χ1n) is 4.48. The number of anilines is 1. The lowest BCUT2D eigenvalue weighted by molar-refractivity contribution is -0.385. The fourth-order valence-corrected chi connectivity index (χ4v) is 1.52. The predicted octanol–water partition coefficient (Wildman–Crippen LogP) is 1.43. The second kappa shape index (κ2) is 5.92. The molecule has 0 radical (unpaired) electrons. The molecular weight excluding hydrogens is 351 g/mol. The van der Waals surface area contributed by atoms with Crippen LogP contribution in [0.15, 0.2) is 23.3 Å². The van der Waals surface area contributed by atoms with Crippen molar-refractivity contribution in [2.75, 3.05) is 5.43 Å². The fraction of sp³-hybridized carbons (Fsp3) is 0. The Morgan fingerprint density at radius 3 is 2.83 bits per heavy atom. The van der Waals surface area contributed by atoms with Crippen LogP contribution in [0.3, 0.4) is 0 Å². The standard InChI is InChI=1S/C9H7IN6O2/c10-6-2-1-5(3-8(6)16(17)18)14-15-7(4-11)9(12)13/h1-3,14H,(H3,12,13)/b15-7+. The molecule has 0 aliphatic rings. The van der Waals surface area contributed by atoms with Crippen molar-refractivity contribution in [3.63, 3.8) is 0 Å². The number of rotatable bonds is 4. The third-order valence-electron chi connectivity index (χ3n) is 1.80. The number of nitro groups is 1. The molecule has 1 aromatic carbocycles. The molecule has 9 heteroatoms. The number of nitro benzene ring substituents is 1. The normalized spacial score (nSPS) is 10.6. The van der Waals surface area contributed by atoms with Gasteiger partial charge in [-0.3, -0.25) is 20.9 Å². The SMILES string of the molecule is N#C/C(=N\Nc1ccc(I)c([N+](=O)[O-])c1)C(=N)N. The molecule has 0 heterocycles. The zero-order valence-electron chi connectivity index (χ0n) is 8.85. The van der Waals surface area contributed by atoms with E-state index < -0.39 is 10.8 Å². The highest BCUT2D eigenvalue weighted by Gasteiger charge is 2.12. The number of hydrogen-bond donors (Lipinski definition) is 3. The van der Waals surface area contributed by atoms with E-state index in [9.17, 15) is 10.1 Å². The minimum absolute atomic E-state index is 0.0721. The third kappa shape index (κ3) is 3.39. The Morgan fingerprint density at radius 2 is 2.33 bits per heavy atom. The van der Waals surface area contributed by atoms with Crippen LogP contribution in [0.2, 0.25) is 0 Å². The Balaban J connectivity index is 3.00. The number of nitrogens with one attached hydrogen (secondary N) is 2. The Kier molecular flexibility index (Phi) is 4.55. The van der Waals surface area contributed by atoms with E-state index in [0.29, 0.717) is 9.26 Å². The smallest absolute Gasteiger partial charge is 0.284 e. The molecule has 0 aromatic heterocycles. The van der Waals surface area contributed by atoms with Crippen LogP contribution in [0, 0.1) is 30.4 Å². The molecule has 0 bridgehead atoms. The van der Waals surface area contributed by atoms with Crippen LogP contribution in [0.5, 0.6) is 0 Å². The van der Waals surface area contributed by atoms with E-state index in [0.717, 1.165) is 0 Å². The van der Waals surface area contributed by atoms with Crippen molar-refractivity contribution in [1.29, 1.82) is 10.7 Å². The van der Waals surface area contributed by atoms with Gasteiger partial charge in [0.2, 0.25) is 5.71 Å². The van der Waals surface area contributed by atoms with E-state index in [2.05, 4.69) is 10.5 Å². The maximum absolute atomic E-state index is 10.7. The van der Waals surface area contributed by atoms with Gasteiger partial charge in [0.25, 0.3) is 5.69 Å². The average Bonchev–Trinajstić information content (AvgIpc) is 2.31. The number of nitrogens with zero attached hydrogens (tertiary/aromatic N) is 3. The molecule has 0 unspecified atom stereocenters. The van der Waals surface area contributed by atoms with Crippen LogP contribution < -0.4 is 11.2 Å². The van der Waals surface area contributed by atoms with Crippen LogP contribution in [-0.2, 0) is 0 Å². The molecule has 0 atom stereocenters. The monoisotopic (exact) mass is 358 g/mol. The van der Waals surface area contributed by atoms with Gasteiger partial charge in [0, 0.05) is 6.07 Å². The molecule has 1 rings (SSSR count). The van der Waals surface area contributed by atoms with Crippen LogP contribution in [0.1, 0.15) is 0 Å². The molecule has 18 heavy (non-hydrogen) atoms. The van der Waals surface area contributed by atoms with Gasteiger partial charge in [0.05, 0.1) is 14.2 Å². The van der Waals surface area contributed by atoms with Crippen molar-refractivity contribution in [2.24, 2.45) is 10.8 Å². The summed E-state index contributed by atoms with van der Waals surface area (Å²) in [6.07, 6.45) is 0. The summed E-state index contributed by atoms with van der Waals surface area (Å²) in [5.74, 6) is -0.481. The maximum Gasteiger partial charge on any atom is 0.284 e. The van der Waals surface area contributed by atoms with Gasteiger partial charge in [-0.25, -0.2) is 0 Å². The minimum Gasteiger partial charge on any atom is -0.382 e. The zero-order valence-corrected chi connectivity index (χ0v) is 11.0. The number of hydrogen-bond acceptors (Lipinski definition) is 6. The van der Waals surface area contributed by atoms with Gasteiger partial charge in [-0.15, -0.1) is 0 Å². The van der Waals surface area contributed by atoms with Crippen molar-refractivity contribution in [3.8, 4) is 6.07 Å². The first-order valence-corrected chi connectivity index (χ1v) is 5.55. The first-order chi connectivity index (χ1) is 8.45. The first kappa shape index (κ1) is 13.8. The Hall–Kier alpha value is -2.22. The molecule has 0 fully saturated rings. The third-order valence-corrected chi connectivity index (χ3v) is 2.71. The topological polar surface area (TPSA) is 141 Å². The Bertz CT molecular complexity index is 577. The van der Waals surface area contributed by atoms with Gasteiger partial charge in [-0.05, 0) is 34.7 Å². The Labute approximate surface area is 115 Å². The van der Waals surface area contributed by atoms with Gasteiger partial charge >= 0.3 is 0 Å². The Morgan fingerprint density at radius 1 is 1.67 bits per heavy atom. The summed E-state index contributed by atoms with van der Waals surface area (Å²) < 4.78 is 0.485. The lowest BCUT2D eigenvalue weighted by Crippen LogP contribution is -2.21. The summed E-state index contributed by atoms with van der Waals surface area (Å²) >= 11 is 1.84. The average molecular weight is 358 g/mol. The number of nitrogens with two attached hydrogens (primary N) is 1. The molecule has 0 aliphatic carbocycles. The van der Waals surface area contributed by atoms with Gasteiger partial charge in [-0.2, -0.15) is 10.4 Å². The molecular formula is C9H7IN6O2. The number of halogens is 1. The lowest BCUT2D eigenvalue weighted by Gasteiger charge is -2.02. The second-order valence-corrected chi connectivity index (χ2v) is 4.18. The quantitative estimate of drug-likeness (QED) is 0.245. The number of amidine groups is 1. The summed E-state index contributed by atoms with van der Waals surface area (Å²) in [6, 6.07) is 6.00. The second-order valence-electron chi connectivity index (χ2n) is 3.02. The number of nitriles is 1. The van der Waals surface area contributed by atoms with Crippen LogP contribution in [-0.4, -0.2) is 16.5 Å². The molecule has 0 spiro atoms. The van der Waals surface area contributed by atoms with Crippen molar-refractivity contribution in [3.05, 3.63) is 31.9 Å². The molecule has 4 N–H and O–H groups in total. The van der Waals surface area contributed by atoms with E-state index in [4.69, 9.17) is 16.4 Å². The van der Waals surface area contributed by atoms with E-state index in [1.54, 1.807) is 12.1 Å². The fourth-order valence-electron chi connectivity index (χ4n) is 0.988. The highest BCUT2D eigenvalue weighted by Crippen LogP contribution is 2.24. The summed E-state index contributed by atoms with van der Waals surface area (Å²) in [5, 5.41) is 29.9. The molecule has 92 valence electrons. The number of benzene rings is 1. The summed E-state index contributed by atoms with van der Waals surface area (Å²) in [4.78, 5) is 10.2. The zero-order chi connectivity index (χ0) is 13.7. The van der Waals surface area contributed by atoms with Crippen molar-refractivity contribution < 1.29 is 4.92 Å². The molecule has 0 saturated heterocycles. The van der Waals surface area contributed by atoms with E-state index in [1.807, 2.05) is 22.6 Å². The van der Waals surface area contributed by atoms with Crippen LogP contribution in [0.25, 0.3) is 0 Å². The summed E-state index contributed by atoms with van der Waals surface area (Å²) in [7, 11) is 0. The van der Waals surface area contributed by atoms with Gasteiger partial charge in [-0.1, -0.05) is 0 Å². The molecule has 8 nitrogen and oxygen atoms in total. The largest absolute Gasteiger partial charge is 0.382 e. The minimum atomic E-state index is -0.521. The van der Waals surface area contributed by atoms with Crippen molar-refractivity contribution >= 4 is 45.5 Å². The van der Waals surface area contributed by atoms with Crippen LogP contribution in [0.4, 0.5) is 11.4 Å².